The summed E-state index contributed by atoms with van der Waals surface area (Å²) in [5, 5.41) is 0. The van der Waals surface area contributed by atoms with E-state index in [0.29, 0.717) is 0 Å². The van der Waals surface area contributed by atoms with Crippen LogP contribution in [0.5, 0.6) is 0 Å². The molecule has 1 nitrogen and oxygen atoms in total. The van der Waals surface area contributed by atoms with Crippen LogP contribution in [0.25, 0.3) is 0 Å². The fourth-order valence-electron chi connectivity index (χ4n) is 0.809. The molecule has 0 bridgehead atoms. The number of hydrogen-bond donors (Lipinski definition) is 0. The van der Waals surface area contributed by atoms with E-state index in [2.05, 4.69) is 32.0 Å². The van der Waals surface area contributed by atoms with Gasteiger partial charge < -0.3 is 12.4 Å². The van der Waals surface area contributed by atoms with Crippen molar-refractivity contribution in [2.75, 3.05) is 13.6 Å². The number of quaternary nitrogens is 1. The van der Waals surface area contributed by atoms with Crippen molar-refractivity contribution < 1.29 is 16.9 Å². The standard InChI is InChI=1S/C8H12N.ClH/c1-3-9(2)7-5-4-6-8-9;/h3-7H,1,8H2,2H3;1H/q+1;/p-1. The summed E-state index contributed by atoms with van der Waals surface area (Å²) >= 11 is 0. The zero-order chi connectivity index (χ0) is 6.74. The normalized spacial score (nSPS) is 29.3. The predicted octanol–water partition coefficient (Wildman–Crippen LogP) is -1.34. The maximum Gasteiger partial charge on any atom is 0.106 e. The third-order valence-electron chi connectivity index (χ3n) is 1.59. The Morgan fingerprint density at radius 2 is 2.20 bits per heavy atom. The van der Waals surface area contributed by atoms with E-state index in [9.17, 15) is 0 Å². The van der Waals surface area contributed by atoms with E-state index in [1.54, 1.807) is 0 Å². The summed E-state index contributed by atoms with van der Waals surface area (Å²) in [6, 6.07) is 0. The van der Waals surface area contributed by atoms with Gasteiger partial charge >= 0.3 is 0 Å². The quantitative estimate of drug-likeness (QED) is 0.414. The first kappa shape index (κ1) is 9.47. The Morgan fingerprint density at radius 1 is 1.50 bits per heavy atom. The number of rotatable bonds is 1. The third kappa shape index (κ3) is 2.01. The zero-order valence-corrected chi connectivity index (χ0v) is 6.88. The van der Waals surface area contributed by atoms with Crippen LogP contribution in [-0.4, -0.2) is 18.1 Å². The molecule has 0 aromatic carbocycles. The van der Waals surface area contributed by atoms with Crippen LogP contribution in [0, 0.1) is 0 Å². The lowest BCUT2D eigenvalue weighted by Gasteiger charge is -2.24. The van der Waals surface area contributed by atoms with Crippen molar-refractivity contribution >= 4 is 0 Å². The van der Waals surface area contributed by atoms with E-state index < -0.39 is 0 Å². The average Bonchev–Trinajstić information content (AvgIpc) is 1.90. The lowest BCUT2D eigenvalue weighted by Crippen LogP contribution is -3.00. The molecule has 0 saturated heterocycles. The Morgan fingerprint density at radius 3 is 2.50 bits per heavy atom. The van der Waals surface area contributed by atoms with E-state index >= 15 is 0 Å². The molecule has 1 aliphatic rings. The van der Waals surface area contributed by atoms with Crippen LogP contribution in [0.15, 0.2) is 37.2 Å². The van der Waals surface area contributed by atoms with Crippen molar-refractivity contribution in [3.63, 3.8) is 0 Å². The Balaban J connectivity index is 0.000000810. The van der Waals surface area contributed by atoms with Crippen molar-refractivity contribution in [3.05, 3.63) is 37.2 Å². The van der Waals surface area contributed by atoms with E-state index in [1.165, 1.54) is 0 Å². The molecule has 1 aliphatic heterocycles. The maximum absolute atomic E-state index is 3.74. The molecule has 1 heterocycles. The molecular weight excluding hydrogens is 146 g/mol. The van der Waals surface area contributed by atoms with Crippen molar-refractivity contribution in [3.8, 4) is 0 Å². The van der Waals surface area contributed by atoms with Gasteiger partial charge in [-0.25, -0.2) is 0 Å². The molecule has 0 N–H and O–H groups in total. The first-order valence-electron chi connectivity index (χ1n) is 3.10. The highest BCUT2D eigenvalue weighted by molar-refractivity contribution is 5.04. The lowest BCUT2D eigenvalue weighted by molar-refractivity contribution is -0.800. The van der Waals surface area contributed by atoms with Crippen LogP contribution < -0.4 is 12.4 Å². The molecule has 10 heavy (non-hydrogen) atoms. The summed E-state index contributed by atoms with van der Waals surface area (Å²) in [7, 11) is 2.12. The molecule has 2 heteroatoms. The SMILES string of the molecule is C=C[N+]1(C)C=CC=CC1.[Cl-]. The first-order chi connectivity index (χ1) is 4.27. The van der Waals surface area contributed by atoms with Crippen molar-refractivity contribution in [1.29, 1.82) is 0 Å². The van der Waals surface area contributed by atoms with Gasteiger partial charge in [0.1, 0.15) is 12.7 Å². The van der Waals surface area contributed by atoms with Crippen molar-refractivity contribution in [2.24, 2.45) is 0 Å². The number of halogens is 1. The number of allylic oxidation sites excluding steroid dienone is 2. The molecule has 1 atom stereocenters. The first-order valence-corrected chi connectivity index (χ1v) is 3.10. The minimum absolute atomic E-state index is 0. The minimum Gasteiger partial charge on any atom is -1.00 e. The molecule has 0 aromatic heterocycles. The zero-order valence-electron chi connectivity index (χ0n) is 6.13. The molecule has 0 aromatic rings. The lowest BCUT2D eigenvalue weighted by atomic mass is 10.3. The summed E-state index contributed by atoms with van der Waals surface area (Å²) in [4.78, 5) is 0. The van der Waals surface area contributed by atoms with Gasteiger partial charge in [0.25, 0.3) is 0 Å². The molecule has 0 saturated carbocycles. The van der Waals surface area contributed by atoms with Crippen LogP contribution in [0.4, 0.5) is 0 Å². The summed E-state index contributed by atoms with van der Waals surface area (Å²) in [5.41, 5.74) is 0. The third-order valence-corrected chi connectivity index (χ3v) is 1.59. The maximum atomic E-state index is 3.74. The van der Waals surface area contributed by atoms with Crippen LogP contribution in [0.2, 0.25) is 0 Å². The van der Waals surface area contributed by atoms with Gasteiger partial charge in [-0.15, -0.1) is 0 Å². The van der Waals surface area contributed by atoms with Gasteiger partial charge in [-0.1, -0.05) is 6.08 Å². The van der Waals surface area contributed by atoms with Gasteiger partial charge in [0.2, 0.25) is 0 Å². The van der Waals surface area contributed by atoms with Gasteiger partial charge in [-0.2, -0.15) is 0 Å². The van der Waals surface area contributed by atoms with E-state index in [0.717, 1.165) is 11.0 Å². The van der Waals surface area contributed by atoms with Gasteiger partial charge in [-0.05, 0) is 18.7 Å². The van der Waals surface area contributed by atoms with Crippen molar-refractivity contribution in [2.45, 2.75) is 0 Å². The van der Waals surface area contributed by atoms with Crippen molar-refractivity contribution in [1.82, 2.24) is 0 Å². The number of hydrogen-bond acceptors (Lipinski definition) is 0. The Hall–Kier alpha value is -0.530. The molecule has 56 valence electrons. The van der Waals surface area contributed by atoms with Crippen LogP contribution in [0.3, 0.4) is 0 Å². The highest BCUT2D eigenvalue weighted by Gasteiger charge is 2.12. The van der Waals surface area contributed by atoms with Crippen LogP contribution >= 0.6 is 0 Å². The van der Waals surface area contributed by atoms with Gasteiger partial charge in [-0.3, -0.25) is 4.48 Å². The average molecular weight is 158 g/mol. The largest absolute Gasteiger partial charge is 1.00 e. The van der Waals surface area contributed by atoms with Crippen LogP contribution in [0.1, 0.15) is 0 Å². The molecule has 1 rings (SSSR count). The van der Waals surface area contributed by atoms with E-state index in [-0.39, 0.29) is 12.4 Å². The Kier molecular flexibility index (Phi) is 3.40. The predicted molar refractivity (Wildman–Crippen MR) is 39.5 cm³/mol. The highest BCUT2D eigenvalue weighted by Crippen LogP contribution is 2.08. The summed E-state index contributed by atoms with van der Waals surface area (Å²) < 4.78 is 0.816. The fraction of sp³-hybridized carbons (Fsp3) is 0.250. The Bertz CT molecular complexity index is 172. The summed E-state index contributed by atoms with van der Waals surface area (Å²) in [6.45, 7) is 4.77. The van der Waals surface area contributed by atoms with E-state index in [1.807, 2.05) is 12.3 Å². The molecule has 1 unspecified atom stereocenters. The second-order valence-corrected chi connectivity index (χ2v) is 2.48. The fourth-order valence-corrected chi connectivity index (χ4v) is 0.809. The van der Waals surface area contributed by atoms with Gasteiger partial charge in [0.05, 0.1) is 13.2 Å². The second kappa shape index (κ2) is 3.59. The molecule has 0 spiro atoms. The van der Waals surface area contributed by atoms with Gasteiger partial charge in [0, 0.05) is 0 Å². The molecule has 0 fully saturated rings. The number of likely N-dealkylation sites (N-methyl/N-ethyl adjacent to an activating group) is 1. The second-order valence-electron chi connectivity index (χ2n) is 2.48. The van der Waals surface area contributed by atoms with Crippen LogP contribution in [-0.2, 0) is 0 Å². The van der Waals surface area contributed by atoms with Gasteiger partial charge in [0.15, 0.2) is 0 Å². The topological polar surface area (TPSA) is 0 Å². The summed E-state index contributed by atoms with van der Waals surface area (Å²) in [6.07, 6.45) is 10.3. The van der Waals surface area contributed by atoms with E-state index in [4.69, 9.17) is 0 Å². The number of nitrogens with zero attached hydrogens (tertiary/aromatic N) is 1. The molecule has 0 radical (unpaired) electrons. The Labute approximate surface area is 68.3 Å². The summed E-state index contributed by atoms with van der Waals surface area (Å²) in [5.74, 6) is 0. The smallest absolute Gasteiger partial charge is 0.106 e. The molecule has 0 amide bonds. The molecule has 0 aliphatic carbocycles. The monoisotopic (exact) mass is 157 g/mol. The highest BCUT2D eigenvalue weighted by atomic mass is 35.5. The minimum atomic E-state index is 0. The molecular formula is C8H12ClN.